The summed E-state index contributed by atoms with van der Waals surface area (Å²) in [5, 5.41) is 1.93. The van der Waals surface area contributed by atoms with Crippen molar-refractivity contribution >= 4 is 5.91 Å². The van der Waals surface area contributed by atoms with Gasteiger partial charge in [-0.15, -0.1) is 0 Å². The zero-order valence-electron chi connectivity index (χ0n) is 12.5. The molecule has 0 spiro atoms. The Hall–Kier alpha value is -2.01. The first-order valence-electron chi connectivity index (χ1n) is 7.40. The Morgan fingerprint density at radius 1 is 1.38 bits per heavy atom. The maximum atomic E-state index is 12.5. The molecule has 2 atom stereocenters. The van der Waals surface area contributed by atoms with Crippen LogP contribution in [0.2, 0.25) is 0 Å². The van der Waals surface area contributed by atoms with Gasteiger partial charge in [-0.3, -0.25) is 4.79 Å². The van der Waals surface area contributed by atoms with Gasteiger partial charge >= 0.3 is 0 Å². The van der Waals surface area contributed by atoms with Crippen LogP contribution in [0.15, 0.2) is 36.7 Å². The van der Waals surface area contributed by atoms with E-state index < -0.39 is 0 Å². The summed E-state index contributed by atoms with van der Waals surface area (Å²) in [6, 6.07) is 8.02. The topological polar surface area (TPSA) is 44.8 Å². The third-order valence-electron chi connectivity index (χ3n) is 4.04. The SMILES string of the molecule is CCCN1C=CN2NC(c3cccc(OC)c3)CC2C1=O. The van der Waals surface area contributed by atoms with E-state index in [0.717, 1.165) is 30.7 Å². The summed E-state index contributed by atoms with van der Waals surface area (Å²) in [5.41, 5.74) is 4.54. The predicted octanol–water partition coefficient (Wildman–Crippen LogP) is 2.04. The first-order valence-corrected chi connectivity index (χ1v) is 7.40. The summed E-state index contributed by atoms with van der Waals surface area (Å²) in [6.07, 6.45) is 5.57. The number of fused-ring (bicyclic) bond motifs is 1. The minimum absolute atomic E-state index is 0.113. The summed E-state index contributed by atoms with van der Waals surface area (Å²) in [7, 11) is 1.67. The summed E-state index contributed by atoms with van der Waals surface area (Å²) < 4.78 is 5.27. The molecule has 2 heterocycles. The Bertz CT molecular complexity index is 558. The Kier molecular flexibility index (Phi) is 3.84. The molecule has 5 heteroatoms. The molecule has 1 aromatic rings. The van der Waals surface area contributed by atoms with Crippen LogP contribution in [0.25, 0.3) is 0 Å². The average molecular weight is 287 g/mol. The lowest BCUT2D eigenvalue weighted by Crippen LogP contribution is -2.48. The van der Waals surface area contributed by atoms with E-state index in [9.17, 15) is 4.79 Å². The molecule has 0 saturated carbocycles. The van der Waals surface area contributed by atoms with E-state index in [4.69, 9.17) is 4.74 Å². The lowest BCUT2D eigenvalue weighted by atomic mass is 10.0. The van der Waals surface area contributed by atoms with Gasteiger partial charge in [0.1, 0.15) is 11.8 Å². The summed E-state index contributed by atoms with van der Waals surface area (Å²) in [6.45, 7) is 2.86. The van der Waals surface area contributed by atoms with Crippen LogP contribution in [0.5, 0.6) is 5.75 Å². The molecule has 5 nitrogen and oxygen atoms in total. The van der Waals surface area contributed by atoms with Crippen molar-refractivity contribution in [3.8, 4) is 5.75 Å². The Balaban J connectivity index is 1.76. The first kappa shape index (κ1) is 13.9. The second kappa shape index (κ2) is 5.77. The number of rotatable bonds is 4. The van der Waals surface area contributed by atoms with Crippen LogP contribution in [0, 0.1) is 0 Å². The normalized spacial score (nSPS) is 24.4. The molecule has 0 aromatic heterocycles. The molecule has 1 N–H and O–H groups in total. The number of ether oxygens (including phenoxy) is 1. The summed E-state index contributed by atoms with van der Waals surface area (Å²) in [4.78, 5) is 14.3. The Morgan fingerprint density at radius 2 is 2.24 bits per heavy atom. The maximum Gasteiger partial charge on any atom is 0.250 e. The van der Waals surface area contributed by atoms with Crippen molar-refractivity contribution in [2.24, 2.45) is 0 Å². The number of nitrogens with zero attached hydrogens (tertiary/aromatic N) is 2. The number of hydrogen-bond donors (Lipinski definition) is 1. The van der Waals surface area contributed by atoms with Crippen LogP contribution >= 0.6 is 0 Å². The van der Waals surface area contributed by atoms with E-state index >= 15 is 0 Å². The fourth-order valence-corrected chi connectivity index (χ4v) is 2.94. The van der Waals surface area contributed by atoms with Gasteiger partial charge in [0.15, 0.2) is 0 Å². The monoisotopic (exact) mass is 287 g/mol. The van der Waals surface area contributed by atoms with Crippen molar-refractivity contribution in [2.45, 2.75) is 31.8 Å². The van der Waals surface area contributed by atoms with Gasteiger partial charge in [0.05, 0.1) is 13.2 Å². The van der Waals surface area contributed by atoms with Gasteiger partial charge in [0, 0.05) is 18.9 Å². The van der Waals surface area contributed by atoms with Gasteiger partial charge in [0.25, 0.3) is 5.91 Å². The van der Waals surface area contributed by atoms with Gasteiger partial charge in [-0.2, -0.15) is 0 Å². The van der Waals surface area contributed by atoms with Gasteiger partial charge in [0.2, 0.25) is 0 Å². The number of nitrogens with one attached hydrogen (secondary N) is 1. The van der Waals surface area contributed by atoms with Crippen molar-refractivity contribution < 1.29 is 9.53 Å². The molecule has 21 heavy (non-hydrogen) atoms. The molecule has 1 amide bonds. The van der Waals surface area contributed by atoms with Crippen molar-refractivity contribution in [3.05, 3.63) is 42.2 Å². The molecule has 1 saturated heterocycles. The molecule has 0 aliphatic carbocycles. The summed E-state index contributed by atoms with van der Waals surface area (Å²) >= 11 is 0. The fraction of sp³-hybridized carbons (Fsp3) is 0.438. The molecule has 1 fully saturated rings. The van der Waals surface area contributed by atoms with Crippen LogP contribution in [0.3, 0.4) is 0 Å². The lowest BCUT2D eigenvalue weighted by molar-refractivity contribution is -0.134. The Labute approximate surface area is 125 Å². The number of methoxy groups -OCH3 is 1. The number of hydrogen-bond acceptors (Lipinski definition) is 4. The van der Waals surface area contributed by atoms with Crippen LogP contribution < -0.4 is 10.2 Å². The van der Waals surface area contributed by atoms with Gasteiger partial charge in [-0.05, 0) is 30.5 Å². The van der Waals surface area contributed by atoms with Crippen LogP contribution in [0.4, 0.5) is 0 Å². The zero-order valence-corrected chi connectivity index (χ0v) is 12.5. The van der Waals surface area contributed by atoms with Crippen LogP contribution in [-0.4, -0.2) is 35.5 Å². The lowest BCUT2D eigenvalue weighted by Gasteiger charge is -2.31. The molecule has 1 aromatic carbocycles. The standard InChI is InChI=1S/C16H21N3O2/c1-3-7-18-8-9-19-15(16(18)20)11-14(17-19)12-5-4-6-13(10-12)21-2/h4-6,8-10,14-15,17H,3,7,11H2,1-2H3. The number of hydrazine groups is 1. The van der Waals surface area contributed by atoms with E-state index in [-0.39, 0.29) is 18.0 Å². The average Bonchev–Trinajstić information content (AvgIpc) is 2.95. The zero-order chi connectivity index (χ0) is 14.8. The Morgan fingerprint density at radius 3 is 3.00 bits per heavy atom. The van der Waals surface area contributed by atoms with E-state index in [1.54, 1.807) is 7.11 Å². The molecule has 0 bridgehead atoms. The van der Waals surface area contributed by atoms with Crippen molar-refractivity contribution in [2.75, 3.05) is 13.7 Å². The number of carbonyl (C=O) groups excluding carboxylic acids is 1. The predicted molar refractivity (Wildman–Crippen MR) is 80.3 cm³/mol. The fourth-order valence-electron chi connectivity index (χ4n) is 2.94. The molecule has 112 valence electrons. The van der Waals surface area contributed by atoms with E-state index in [0.29, 0.717) is 0 Å². The molecular weight excluding hydrogens is 266 g/mol. The molecular formula is C16H21N3O2. The molecule has 2 unspecified atom stereocenters. The first-order chi connectivity index (χ1) is 10.2. The van der Waals surface area contributed by atoms with Crippen LogP contribution in [-0.2, 0) is 4.79 Å². The van der Waals surface area contributed by atoms with E-state index in [1.165, 1.54) is 0 Å². The van der Waals surface area contributed by atoms with E-state index in [1.807, 2.05) is 40.5 Å². The minimum atomic E-state index is -0.113. The van der Waals surface area contributed by atoms with Gasteiger partial charge in [-0.25, -0.2) is 5.43 Å². The van der Waals surface area contributed by atoms with Crippen molar-refractivity contribution in [3.63, 3.8) is 0 Å². The highest BCUT2D eigenvalue weighted by Crippen LogP contribution is 2.32. The molecule has 2 aliphatic rings. The van der Waals surface area contributed by atoms with E-state index in [2.05, 4.69) is 18.4 Å². The second-order valence-electron chi connectivity index (χ2n) is 5.45. The number of carbonyl (C=O) groups is 1. The third kappa shape index (κ3) is 2.61. The van der Waals surface area contributed by atoms with Crippen molar-refractivity contribution in [1.29, 1.82) is 0 Å². The molecule has 2 aliphatic heterocycles. The smallest absolute Gasteiger partial charge is 0.250 e. The highest BCUT2D eigenvalue weighted by molar-refractivity contribution is 5.84. The second-order valence-corrected chi connectivity index (χ2v) is 5.45. The maximum absolute atomic E-state index is 12.5. The van der Waals surface area contributed by atoms with Crippen LogP contribution in [0.1, 0.15) is 31.4 Å². The molecule has 0 radical (unpaired) electrons. The number of benzene rings is 1. The number of amides is 1. The van der Waals surface area contributed by atoms with Crippen molar-refractivity contribution in [1.82, 2.24) is 15.3 Å². The molecule has 3 rings (SSSR count). The van der Waals surface area contributed by atoms with Gasteiger partial charge < -0.3 is 14.6 Å². The highest BCUT2D eigenvalue weighted by Gasteiger charge is 2.39. The quantitative estimate of drug-likeness (QED) is 0.920. The minimum Gasteiger partial charge on any atom is -0.497 e. The summed E-state index contributed by atoms with van der Waals surface area (Å²) in [5.74, 6) is 1.02. The van der Waals surface area contributed by atoms with Gasteiger partial charge in [-0.1, -0.05) is 19.1 Å². The largest absolute Gasteiger partial charge is 0.497 e. The third-order valence-corrected chi connectivity index (χ3v) is 4.04. The highest BCUT2D eigenvalue weighted by atomic mass is 16.5.